The number of benzene rings is 1. The van der Waals surface area contributed by atoms with E-state index < -0.39 is 15.8 Å². The molecule has 1 aliphatic heterocycles. The normalized spacial score (nSPS) is 20.6. The van der Waals surface area contributed by atoms with Gasteiger partial charge in [0.15, 0.2) is 0 Å². The van der Waals surface area contributed by atoms with Crippen LogP contribution < -0.4 is 0 Å². The van der Waals surface area contributed by atoms with Crippen LogP contribution in [0.5, 0.6) is 0 Å². The molecule has 1 aliphatic rings. The Balaban J connectivity index is 2.29. The second kappa shape index (κ2) is 7.05. The van der Waals surface area contributed by atoms with Gasteiger partial charge in [-0.05, 0) is 36.5 Å². The number of rotatable bonds is 5. The van der Waals surface area contributed by atoms with E-state index >= 15 is 0 Å². The first kappa shape index (κ1) is 16.7. The highest BCUT2D eigenvalue weighted by Crippen LogP contribution is 2.26. The number of hydrogen-bond donors (Lipinski definition) is 0. The molecular formula is C14H19ClFNO3S. The van der Waals surface area contributed by atoms with Crippen molar-refractivity contribution in [3.8, 4) is 0 Å². The Morgan fingerprint density at radius 1 is 1.48 bits per heavy atom. The van der Waals surface area contributed by atoms with E-state index in [1.165, 1.54) is 16.4 Å². The van der Waals surface area contributed by atoms with Gasteiger partial charge in [-0.1, -0.05) is 6.07 Å². The Hall–Kier alpha value is -0.690. The minimum absolute atomic E-state index is 0.148. The Labute approximate surface area is 129 Å². The molecule has 7 heteroatoms. The Morgan fingerprint density at radius 3 is 2.90 bits per heavy atom. The Bertz CT molecular complexity index is 592. The van der Waals surface area contributed by atoms with Crippen LogP contribution in [0.15, 0.2) is 23.1 Å². The average molecular weight is 336 g/mol. The maximum Gasteiger partial charge on any atom is 0.246 e. The second-order valence-electron chi connectivity index (χ2n) is 5.23. The first-order valence-electron chi connectivity index (χ1n) is 6.82. The van der Waals surface area contributed by atoms with Crippen LogP contribution in [0, 0.1) is 11.7 Å². The molecule has 21 heavy (non-hydrogen) atoms. The maximum absolute atomic E-state index is 13.9. The molecule has 1 saturated heterocycles. The fourth-order valence-corrected chi connectivity index (χ4v) is 4.42. The fraction of sp³-hybridized carbons (Fsp3) is 0.571. The summed E-state index contributed by atoms with van der Waals surface area (Å²) >= 11 is 5.70. The highest BCUT2D eigenvalue weighted by atomic mass is 35.5. The molecule has 0 aliphatic carbocycles. The van der Waals surface area contributed by atoms with Gasteiger partial charge in [-0.2, -0.15) is 4.31 Å². The van der Waals surface area contributed by atoms with Gasteiger partial charge in [0.25, 0.3) is 0 Å². The molecule has 0 amide bonds. The largest absolute Gasteiger partial charge is 0.384 e. The van der Waals surface area contributed by atoms with Crippen LogP contribution in [-0.2, 0) is 20.6 Å². The van der Waals surface area contributed by atoms with Crippen LogP contribution in [0.3, 0.4) is 0 Å². The summed E-state index contributed by atoms with van der Waals surface area (Å²) < 4.78 is 45.6. The van der Waals surface area contributed by atoms with E-state index in [1.54, 1.807) is 7.11 Å². The van der Waals surface area contributed by atoms with Crippen molar-refractivity contribution in [3.05, 3.63) is 29.6 Å². The zero-order valence-corrected chi connectivity index (χ0v) is 13.5. The smallest absolute Gasteiger partial charge is 0.246 e. The molecule has 1 unspecified atom stereocenters. The zero-order chi connectivity index (χ0) is 15.5. The molecule has 0 radical (unpaired) electrons. The summed E-state index contributed by atoms with van der Waals surface area (Å²) in [6, 6.07) is 3.96. The lowest BCUT2D eigenvalue weighted by atomic mass is 10.0. The first-order valence-corrected chi connectivity index (χ1v) is 8.80. The first-order chi connectivity index (χ1) is 9.98. The molecule has 1 atom stereocenters. The van der Waals surface area contributed by atoms with Crippen LogP contribution in [0.1, 0.15) is 18.4 Å². The van der Waals surface area contributed by atoms with E-state index in [0.717, 1.165) is 18.9 Å². The van der Waals surface area contributed by atoms with Crippen molar-refractivity contribution in [2.24, 2.45) is 5.92 Å². The molecule has 4 nitrogen and oxygen atoms in total. The highest BCUT2D eigenvalue weighted by molar-refractivity contribution is 7.89. The number of piperidine rings is 1. The molecule has 2 rings (SSSR count). The number of sulfonamides is 1. The van der Waals surface area contributed by atoms with Gasteiger partial charge in [-0.15, -0.1) is 11.6 Å². The van der Waals surface area contributed by atoms with E-state index in [1.807, 2.05) is 0 Å². The van der Waals surface area contributed by atoms with Gasteiger partial charge in [0.1, 0.15) is 10.7 Å². The standard InChI is InChI=1S/C14H19ClFNO3S/c1-20-10-12-3-2-6-17(9-12)21(18,19)14-7-11(8-15)4-5-13(14)16/h4-5,7,12H,2-3,6,8-10H2,1H3. The van der Waals surface area contributed by atoms with Gasteiger partial charge in [-0.25, -0.2) is 12.8 Å². The summed E-state index contributed by atoms with van der Waals surface area (Å²) in [6.07, 6.45) is 1.67. The topological polar surface area (TPSA) is 46.6 Å². The van der Waals surface area contributed by atoms with Gasteiger partial charge in [0.05, 0.1) is 6.61 Å². The number of alkyl halides is 1. The Morgan fingerprint density at radius 2 is 2.24 bits per heavy atom. The number of hydrogen-bond acceptors (Lipinski definition) is 3. The molecule has 0 N–H and O–H groups in total. The molecule has 1 aromatic carbocycles. The summed E-state index contributed by atoms with van der Waals surface area (Å²) in [4.78, 5) is -0.293. The summed E-state index contributed by atoms with van der Waals surface area (Å²) in [5, 5.41) is 0. The predicted octanol–water partition coefficient (Wildman–Crippen LogP) is 2.61. The van der Waals surface area contributed by atoms with E-state index in [2.05, 4.69) is 0 Å². The molecule has 0 aromatic heterocycles. The number of halogens is 2. The van der Waals surface area contributed by atoms with Crippen LogP contribution in [-0.4, -0.2) is 39.5 Å². The third kappa shape index (κ3) is 3.74. The summed E-state index contributed by atoms with van der Waals surface area (Å²) in [7, 11) is -2.24. The van der Waals surface area contributed by atoms with Crippen molar-refractivity contribution in [2.75, 3.05) is 26.8 Å². The number of ether oxygens (including phenoxy) is 1. The molecule has 0 bridgehead atoms. The van der Waals surface area contributed by atoms with Crippen molar-refractivity contribution in [3.63, 3.8) is 0 Å². The van der Waals surface area contributed by atoms with E-state index in [-0.39, 0.29) is 16.7 Å². The molecule has 1 fully saturated rings. The van der Waals surface area contributed by atoms with Gasteiger partial charge in [0.2, 0.25) is 10.0 Å². The van der Waals surface area contributed by atoms with E-state index in [4.69, 9.17) is 16.3 Å². The van der Waals surface area contributed by atoms with Crippen molar-refractivity contribution in [1.29, 1.82) is 0 Å². The fourth-order valence-electron chi connectivity index (χ4n) is 2.58. The van der Waals surface area contributed by atoms with Crippen molar-refractivity contribution >= 4 is 21.6 Å². The van der Waals surface area contributed by atoms with Gasteiger partial charge in [0, 0.05) is 26.1 Å². The Kier molecular flexibility index (Phi) is 5.60. The third-order valence-corrected chi connectivity index (χ3v) is 5.84. The van der Waals surface area contributed by atoms with Crippen LogP contribution >= 0.6 is 11.6 Å². The zero-order valence-electron chi connectivity index (χ0n) is 11.9. The minimum Gasteiger partial charge on any atom is -0.384 e. The number of nitrogens with zero attached hydrogens (tertiary/aromatic N) is 1. The van der Waals surface area contributed by atoms with Gasteiger partial charge in [-0.3, -0.25) is 0 Å². The van der Waals surface area contributed by atoms with Gasteiger partial charge < -0.3 is 4.74 Å². The van der Waals surface area contributed by atoms with Crippen LogP contribution in [0.4, 0.5) is 4.39 Å². The minimum atomic E-state index is -3.83. The molecular weight excluding hydrogens is 317 g/mol. The lowest BCUT2D eigenvalue weighted by Crippen LogP contribution is -2.41. The SMILES string of the molecule is COCC1CCCN(S(=O)(=O)c2cc(CCl)ccc2F)C1. The molecule has 1 heterocycles. The van der Waals surface area contributed by atoms with Crippen molar-refractivity contribution in [2.45, 2.75) is 23.6 Å². The van der Waals surface area contributed by atoms with Crippen molar-refractivity contribution < 1.29 is 17.5 Å². The summed E-state index contributed by atoms with van der Waals surface area (Å²) in [6.45, 7) is 1.28. The number of methoxy groups -OCH3 is 1. The molecule has 1 aromatic rings. The van der Waals surface area contributed by atoms with E-state index in [9.17, 15) is 12.8 Å². The third-order valence-electron chi connectivity index (χ3n) is 3.65. The monoisotopic (exact) mass is 335 g/mol. The maximum atomic E-state index is 13.9. The highest BCUT2D eigenvalue weighted by Gasteiger charge is 2.32. The molecule has 0 spiro atoms. The van der Waals surface area contributed by atoms with Crippen LogP contribution in [0.25, 0.3) is 0 Å². The molecule has 0 saturated carbocycles. The second-order valence-corrected chi connectivity index (χ2v) is 7.40. The van der Waals surface area contributed by atoms with E-state index in [0.29, 0.717) is 25.3 Å². The quantitative estimate of drug-likeness (QED) is 0.777. The average Bonchev–Trinajstić information content (AvgIpc) is 2.48. The van der Waals surface area contributed by atoms with Crippen LogP contribution in [0.2, 0.25) is 0 Å². The lowest BCUT2D eigenvalue weighted by Gasteiger charge is -2.31. The molecule has 118 valence electrons. The summed E-state index contributed by atoms with van der Waals surface area (Å²) in [5.41, 5.74) is 0.585. The van der Waals surface area contributed by atoms with Crippen molar-refractivity contribution in [1.82, 2.24) is 4.31 Å². The van der Waals surface area contributed by atoms with Gasteiger partial charge >= 0.3 is 0 Å². The predicted molar refractivity (Wildman–Crippen MR) is 79.3 cm³/mol. The summed E-state index contributed by atoms with van der Waals surface area (Å²) in [5.74, 6) is -0.440. The lowest BCUT2D eigenvalue weighted by molar-refractivity contribution is 0.118.